The molecule has 0 aliphatic heterocycles. The van der Waals surface area contributed by atoms with Gasteiger partial charge in [0.15, 0.2) is 0 Å². The van der Waals surface area contributed by atoms with Crippen LogP contribution in [0.25, 0.3) is 10.8 Å². The van der Waals surface area contributed by atoms with Crippen LogP contribution in [0.2, 0.25) is 0 Å². The molecule has 3 aromatic carbocycles. The lowest BCUT2D eigenvalue weighted by Gasteiger charge is -2.10. The van der Waals surface area contributed by atoms with Crippen molar-refractivity contribution in [1.82, 2.24) is 0 Å². The summed E-state index contributed by atoms with van der Waals surface area (Å²) in [5.41, 5.74) is 0.911. The highest BCUT2D eigenvalue weighted by Gasteiger charge is 2.18. The fourth-order valence-electron chi connectivity index (χ4n) is 2.61. The molecule has 0 saturated carbocycles. The van der Waals surface area contributed by atoms with E-state index in [2.05, 4.69) is 10.6 Å². The first-order chi connectivity index (χ1) is 13.1. The highest BCUT2D eigenvalue weighted by Crippen LogP contribution is 2.19. The number of anilines is 2. The molecule has 2 amide bonds. The van der Waals surface area contributed by atoms with Gasteiger partial charge in [0.25, 0.3) is 0 Å². The average molecular weight is 362 g/mol. The van der Waals surface area contributed by atoms with Crippen molar-refractivity contribution in [3.63, 3.8) is 0 Å². The maximum Gasteiger partial charge on any atom is 0.340 e. The number of ether oxygens (including phenoxy) is 1. The number of fused-ring (bicyclic) bond motifs is 1. The Morgan fingerprint density at radius 1 is 0.815 bits per heavy atom. The number of hydrogen-bond acceptors (Lipinski definition) is 4. The zero-order valence-electron chi connectivity index (χ0n) is 14.7. The smallest absolute Gasteiger partial charge is 0.340 e. The number of carbonyl (C=O) groups excluding carboxylic acids is 3. The first kappa shape index (κ1) is 18.1. The second-order valence-corrected chi connectivity index (χ2v) is 5.74. The summed E-state index contributed by atoms with van der Waals surface area (Å²) in [6.07, 6.45) is 0. The van der Waals surface area contributed by atoms with Gasteiger partial charge in [0.2, 0.25) is 0 Å². The van der Waals surface area contributed by atoms with E-state index in [9.17, 15) is 14.4 Å². The van der Waals surface area contributed by atoms with E-state index in [1.165, 1.54) is 12.1 Å². The van der Waals surface area contributed by atoms with Crippen molar-refractivity contribution in [3.8, 4) is 0 Å². The van der Waals surface area contributed by atoms with E-state index < -0.39 is 17.8 Å². The topological polar surface area (TPSA) is 84.5 Å². The lowest BCUT2D eigenvalue weighted by atomic mass is 10.1. The van der Waals surface area contributed by atoms with E-state index in [-0.39, 0.29) is 17.9 Å². The number of nitrogens with one attached hydrogen (secondary N) is 2. The molecule has 0 unspecified atom stereocenters. The minimum absolute atomic E-state index is 0.186. The van der Waals surface area contributed by atoms with Crippen LogP contribution >= 0.6 is 0 Å². The first-order valence-electron chi connectivity index (χ1n) is 8.46. The minimum Gasteiger partial charge on any atom is -0.462 e. The molecule has 3 rings (SSSR count). The van der Waals surface area contributed by atoms with Gasteiger partial charge in [0.05, 0.1) is 17.9 Å². The van der Waals surface area contributed by atoms with Gasteiger partial charge in [-0.25, -0.2) is 4.79 Å². The molecular formula is C21H18N2O4. The van der Waals surface area contributed by atoms with Crippen LogP contribution < -0.4 is 10.6 Å². The summed E-state index contributed by atoms with van der Waals surface area (Å²) in [5, 5.41) is 6.99. The van der Waals surface area contributed by atoms with E-state index in [4.69, 9.17) is 4.74 Å². The summed E-state index contributed by atoms with van der Waals surface area (Å²) < 4.78 is 4.96. The van der Waals surface area contributed by atoms with Gasteiger partial charge in [0.1, 0.15) is 0 Å². The summed E-state index contributed by atoms with van der Waals surface area (Å²) in [5.74, 6) is -2.27. The Hall–Kier alpha value is -3.67. The van der Waals surface area contributed by atoms with E-state index >= 15 is 0 Å². The molecule has 2 N–H and O–H groups in total. The summed E-state index contributed by atoms with van der Waals surface area (Å²) >= 11 is 0. The number of rotatable bonds is 4. The molecule has 6 heteroatoms. The van der Waals surface area contributed by atoms with Gasteiger partial charge in [-0.1, -0.05) is 42.5 Å². The number of hydrogen-bond donors (Lipinski definition) is 2. The number of para-hydroxylation sites is 1. The summed E-state index contributed by atoms with van der Waals surface area (Å²) in [4.78, 5) is 36.4. The predicted octanol–water partition coefficient (Wildman–Crippen LogP) is 3.59. The monoisotopic (exact) mass is 362 g/mol. The number of carbonyl (C=O) groups is 3. The number of esters is 1. The fraction of sp³-hybridized carbons (Fsp3) is 0.0952. The quantitative estimate of drug-likeness (QED) is 0.549. The molecule has 0 radical (unpaired) electrons. The Labute approximate surface area is 156 Å². The van der Waals surface area contributed by atoms with Crippen molar-refractivity contribution in [2.45, 2.75) is 6.92 Å². The second kappa shape index (κ2) is 8.14. The van der Waals surface area contributed by atoms with Crippen molar-refractivity contribution in [3.05, 3.63) is 72.3 Å². The maximum atomic E-state index is 12.2. The van der Waals surface area contributed by atoms with Crippen LogP contribution in [-0.2, 0) is 14.3 Å². The maximum absolute atomic E-state index is 12.2. The largest absolute Gasteiger partial charge is 0.462 e. The van der Waals surface area contributed by atoms with Crippen LogP contribution in [-0.4, -0.2) is 24.4 Å². The van der Waals surface area contributed by atoms with Gasteiger partial charge in [-0.2, -0.15) is 0 Å². The highest BCUT2D eigenvalue weighted by atomic mass is 16.5. The van der Waals surface area contributed by atoms with Crippen LogP contribution in [0.15, 0.2) is 66.7 Å². The third-order valence-corrected chi connectivity index (χ3v) is 3.88. The molecule has 0 atom stereocenters. The van der Waals surface area contributed by atoms with Crippen molar-refractivity contribution in [1.29, 1.82) is 0 Å². The zero-order valence-corrected chi connectivity index (χ0v) is 14.7. The molecule has 0 aliphatic rings. The second-order valence-electron chi connectivity index (χ2n) is 5.74. The number of benzene rings is 3. The van der Waals surface area contributed by atoms with E-state index in [1.54, 1.807) is 31.2 Å². The van der Waals surface area contributed by atoms with Gasteiger partial charge in [-0.15, -0.1) is 0 Å². The van der Waals surface area contributed by atoms with Gasteiger partial charge >= 0.3 is 17.8 Å². The summed E-state index contributed by atoms with van der Waals surface area (Å²) in [6.45, 7) is 1.90. The van der Waals surface area contributed by atoms with Crippen LogP contribution in [0.5, 0.6) is 0 Å². The zero-order chi connectivity index (χ0) is 19.2. The molecule has 0 aliphatic carbocycles. The van der Waals surface area contributed by atoms with Crippen molar-refractivity contribution in [2.24, 2.45) is 0 Å². The average Bonchev–Trinajstić information content (AvgIpc) is 2.68. The Balaban J connectivity index is 1.72. The normalized spacial score (nSPS) is 10.3. The summed E-state index contributed by atoms with van der Waals surface area (Å²) in [6, 6.07) is 19.4. The van der Waals surface area contributed by atoms with Crippen molar-refractivity contribution >= 4 is 39.9 Å². The lowest BCUT2D eigenvalue weighted by Crippen LogP contribution is -2.29. The molecule has 0 fully saturated rings. The van der Waals surface area contributed by atoms with Crippen LogP contribution in [0, 0.1) is 0 Å². The van der Waals surface area contributed by atoms with Crippen LogP contribution in [0.3, 0.4) is 0 Å². The van der Waals surface area contributed by atoms with Gasteiger partial charge in [-0.3, -0.25) is 9.59 Å². The fourth-order valence-corrected chi connectivity index (χ4v) is 2.61. The van der Waals surface area contributed by atoms with Crippen LogP contribution in [0.1, 0.15) is 17.3 Å². The lowest BCUT2D eigenvalue weighted by molar-refractivity contribution is -0.133. The van der Waals surface area contributed by atoms with Gasteiger partial charge < -0.3 is 15.4 Å². The third kappa shape index (κ3) is 4.30. The van der Waals surface area contributed by atoms with Crippen LogP contribution in [0.4, 0.5) is 11.4 Å². The Bertz CT molecular complexity index is 1010. The van der Waals surface area contributed by atoms with Crippen molar-refractivity contribution in [2.75, 3.05) is 17.2 Å². The Morgan fingerprint density at radius 3 is 2.26 bits per heavy atom. The molecule has 3 aromatic rings. The van der Waals surface area contributed by atoms with Crippen molar-refractivity contribution < 1.29 is 19.1 Å². The molecule has 0 aromatic heterocycles. The molecule has 0 bridgehead atoms. The molecule has 0 spiro atoms. The minimum atomic E-state index is -0.875. The first-order valence-corrected chi connectivity index (χ1v) is 8.46. The van der Waals surface area contributed by atoms with E-state index in [1.807, 2.05) is 30.3 Å². The third-order valence-electron chi connectivity index (χ3n) is 3.88. The standard InChI is InChI=1S/C21H18N2O4/c1-2-27-21(26)17-9-5-6-10-18(17)23-20(25)19(24)22-16-12-11-14-7-3-4-8-15(14)13-16/h3-13H,2H2,1H3,(H,22,24)(H,23,25). The van der Waals surface area contributed by atoms with E-state index in [0.717, 1.165) is 10.8 Å². The SMILES string of the molecule is CCOC(=O)c1ccccc1NC(=O)C(=O)Nc1ccc2ccccc2c1. The van der Waals surface area contributed by atoms with E-state index in [0.29, 0.717) is 5.69 Å². The molecule has 0 saturated heterocycles. The summed E-state index contributed by atoms with van der Waals surface area (Å²) in [7, 11) is 0. The molecule has 136 valence electrons. The Kier molecular flexibility index (Phi) is 5.47. The molecule has 6 nitrogen and oxygen atoms in total. The predicted molar refractivity (Wildman–Crippen MR) is 104 cm³/mol. The van der Waals surface area contributed by atoms with Gasteiger partial charge in [0, 0.05) is 5.69 Å². The molecular weight excluding hydrogens is 344 g/mol. The number of amides is 2. The van der Waals surface area contributed by atoms with Gasteiger partial charge in [-0.05, 0) is 42.0 Å². The molecule has 27 heavy (non-hydrogen) atoms. The highest BCUT2D eigenvalue weighted by molar-refractivity contribution is 6.44. The Morgan fingerprint density at radius 2 is 1.48 bits per heavy atom. The molecule has 0 heterocycles.